The van der Waals surface area contributed by atoms with Gasteiger partial charge in [-0.3, -0.25) is 9.59 Å². The first-order chi connectivity index (χ1) is 10.6. The molecule has 0 spiro atoms. The minimum Gasteiger partial charge on any atom is -0.370 e. The lowest BCUT2D eigenvalue weighted by atomic mass is 9.94. The Morgan fingerprint density at radius 2 is 2.00 bits per heavy atom. The SMILES string of the molecule is CN1CC[C@@H](C(=O)N2CCO[C@H](c3ccccc3)C2)CC1=O. The number of likely N-dealkylation sites (tertiary alicyclic amines) is 1. The van der Waals surface area contributed by atoms with E-state index in [0.29, 0.717) is 32.7 Å². The molecule has 0 aliphatic carbocycles. The second-order valence-corrected chi connectivity index (χ2v) is 6.06. The van der Waals surface area contributed by atoms with E-state index in [4.69, 9.17) is 4.74 Å². The molecule has 5 heteroatoms. The molecule has 3 rings (SSSR count). The Hall–Kier alpha value is -1.88. The molecule has 0 aromatic heterocycles. The first-order valence-electron chi connectivity index (χ1n) is 7.84. The number of rotatable bonds is 2. The highest BCUT2D eigenvalue weighted by Crippen LogP contribution is 2.25. The number of carbonyl (C=O) groups is 2. The zero-order valence-corrected chi connectivity index (χ0v) is 12.9. The molecule has 0 radical (unpaired) electrons. The van der Waals surface area contributed by atoms with Gasteiger partial charge in [0.15, 0.2) is 0 Å². The van der Waals surface area contributed by atoms with Crippen LogP contribution in [0.3, 0.4) is 0 Å². The van der Waals surface area contributed by atoms with Crippen LogP contribution in [0.1, 0.15) is 24.5 Å². The van der Waals surface area contributed by atoms with Crippen molar-refractivity contribution >= 4 is 11.8 Å². The van der Waals surface area contributed by atoms with Crippen molar-refractivity contribution in [2.24, 2.45) is 5.92 Å². The molecule has 2 fully saturated rings. The number of morpholine rings is 1. The Labute approximate surface area is 130 Å². The van der Waals surface area contributed by atoms with Crippen molar-refractivity contribution in [2.45, 2.75) is 18.9 Å². The highest BCUT2D eigenvalue weighted by Gasteiger charge is 2.34. The van der Waals surface area contributed by atoms with E-state index in [2.05, 4.69) is 0 Å². The summed E-state index contributed by atoms with van der Waals surface area (Å²) >= 11 is 0. The zero-order chi connectivity index (χ0) is 15.5. The van der Waals surface area contributed by atoms with Crippen LogP contribution in [0.25, 0.3) is 0 Å². The fraction of sp³-hybridized carbons (Fsp3) is 0.529. The summed E-state index contributed by atoms with van der Waals surface area (Å²) in [7, 11) is 1.79. The summed E-state index contributed by atoms with van der Waals surface area (Å²) in [6.07, 6.45) is 1.03. The van der Waals surface area contributed by atoms with Gasteiger partial charge in [0, 0.05) is 32.5 Å². The second-order valence-electron chi connectivity index (χ2n) is 6.06. The predicted octanol–water partition coefficient (Wildman–Crippen LogP) is 1.45. The van der Waals surface area contributed by atoms with Crippen LogP contribution >= 0.6 is 0 Å². The maximum absolute atomic E-state index is 12.7. The summed E-state index contributed by atoms with van der Waals surface area (Å²) in [5.41, 5.74) is 1.10. The van der Waals surface area contributed by atoms with Crippen molar-refractivity contribution in [1.82, 2.24) is 9.80 Å². The molecule has 0 saturated carbocycles. The van der Waals surface area contributed by atoms with Crippen LogP contribution in [0.5, 0.6) is 0 Å². The van der Waals surface area contributed by atoms with Gasteiger partial charge < -0.3 is 14.5 Å². The molecule has 5 nitrogen and oxygen atoms in total. The van der Waals surface area contributed by atoms with E-state index >= 15 is 0 Å². The van der Waals surface area contributed by atoms with Gasteiger partial charge in [0.2, 0.25) is 11.8 Å². The number of piperidine rings is 1. The third-order valence-electron chi connectivity index (χ3n) is 4.56. The van der Waals surface area contributed by atoms with Crippen molar-refractivity contribution in [2.75, 3.05) is 33.3 Å². The molecule has 0 bridgehead atoms. The van der Waals surface area contributed by atoms with Crippen molar-refractivity contribution < 1.29 is 14.3 Å². The number of hydrogen-bond donors (Lipinski definition) is 0. The first-order valence-corrected chi connectivity index (χ1v) is 7.84. The summed E-state index contributed by atoms with van der Waals surface area (Å²) in [5, 5.41) is 0. The first kappa shape index (κ1) is 15.0. The van der Waals surface area contributed by atoms with Crippen LogP contribution in [-0.4, -0.2) is 54.9 Å². The van der Waals surface area contributed by atoms with Crippen molar-refractivity contribution in [3.8, 4) is 0 Å². The van der Waals surface area contributed by atoms with Crippen molar-refractivity contribution in [3.63, 3.8) is 0 Å². The number of carbonyl (C=O) groups excluding carboxylic acids is 2. The quantitative estimate of drug-likeness (QED) is 0.831. The summed E-state index contributed by atoms with van der Waals surface area (Å²) in [6.45, 7) is 2.40. The normalized spacial score (nSPS) is 26.1. The van der Waals surface area contributed by atoms with Crippen molar-refractivity contribution in [3.05, 3.63) is 35.9 Å². The number of amides is 2. The van der Waals surface area contributed by atoms with Gasteiger partial charge in [-0.05, 0) is 12.0 Å². The van der Waals surface area contributed by atoms with E-state index < -0.39 is 0 Å². The summed E-state index contributed by atoms with van der Waals surface area (Å²) in [5.74, 6) is 0.00127. The lowest BCUT2D eigenvalue weighted by molar-refractivity contribution is -0.149. The number of ether oxygens (including phenoxy) is 1. The van der Waals surface area contributed by atoms with Gasteiger partial charge in [0.05, 0.1) is 13.2 Å². The molecule has 2 saturated heterocycles. The number of hydrogen-bond acceptors (Lipinski definition) is 3. The molecule has 1 aromatic rings. The third-order valence-corrected chi connectivity index (χ3v) is 4.56. The highest BCUT2D eigenvalue weighted by molar-refractivity contribution is 5.87. The van der Waals surface area contributed by atoms with Gasteiger partial charge in [-0.2, -0.15) is 0 Å². The van der Waals surface area contributed by atoms with E-state index in [1.54, 1.807) is 11.9 Å². The van der Waals surface area contributed by atoms with E-state index in [1.165, 1.54) is 0 Å². The predicted molar refractivity (Wildman–Crippen MR) is 82.1 cm³/mol. The molecule has 2 aliphatic rings. The molecule has 2 amide bonds. The number of nitrogens with zero attached hydrogens (tertiary/aromatic N) is 2. The second kappa shape index (κ2) is 6.48. The van der Waals surface area contributed by atoms with E-state index in [-0.39, 0.29) is 23.8 Å². The fourth-order valence-electron chi connectivity index (χ4n) is 3.13. The Morgan fingerprint density at radius 1 is 1.23 bits per heavy atom. The Balaban J connectivity index is 1.64. The Bertz CT molecular complexity index is 546. The average molecular weight is 302 g/mol. The molecule has 1 aromatic carbocycles. The fourth-order valence-corrected chi connectivity index (χ4v) is 3.13. The van der Waals surface area contributed by atoms with E-state index in [1.807, 2.05) is 35.2 Å². The summed E-state index contributed by atoms with van der Waals surface area (Å²) in [4.78, 5) is 28.1. The molecule has 118 valence electrons. The van der Waals surface area contributed by atoms with Gasteiger partial charge >= 0.3 is 0 Å². The monoisotopic (exact) mass is 302 g/mol. The van der Waals surface area contributed by atoms with Crippen LogP contribution < -0.4 is 0 Å². The lowest BCUT2D eigenvalue weighted by Crippen LogP contribution is -2.48. The van der Waals surface area contributed by atoms with E-state index in [0.717, 1.165) is 12.0 Å². The summed E-state index contributed by atoms with van der Waals surface area (Å²) < 4.78 is 5.80. The van der Waals surface area contributed by atoms with Crippen LogP contribution in [0, 0.1) is 5.92 Å². The maximum atomic E-state index is 12.7. The average Bonchev–Trinajstić information content (AvgIpc) is 2.57. The maximum Gasteiger partial charge on any atom is 0.226 e. The topological polar surface area (TPSA) is 49.9 Å². The smallest absolute Gasteiger partial charge is 0.226 e. The van der Waals surface area contributed by atoms with Crippen LogP contribution in [-0.2, 0) is 14.3 Å². The zero-order valence-electron chi connectivity index (χ0n) is 12.9. The highest BCUT2D eigenvalue weighted by atomic mass is 16.5. The standard InChI is InChI=1S/C17H22N2O3/c1-18-8-7-14(11-16(18)20)17(21)19-9-10-22-15(12-19)13-5-3-2-4-6-13/h2-6,14-15H,7-12H2,1H3/t14-,15+/m1/s1. The Morgan fingerprint density at radius 3 is 2.73 bits per heavy atom. The van der Waals surface area contributed by atoms with Crippen LogP contribution in [0.15, 0.2) is 30.3 Å². The van der Waals surface area contributed by atoms with E-state index in [9.17, 15) is 9.59 Å². The molecule has 2 heterocycles. The lowest BCUT2D eigenvalue weighted by Gasteiger charge is -2.37. The molecular formula is C17H22N2O3. The minimum absolute atomic E-state index is 0.0671. The molecule has 2 aliphatic heterocycles. The summed E-state index contributed by atoms with van der Waals surface area (Å²) in [6, 6.07) is 9.99. The van der Waals surface area contributed by atoms with Gasteiger partial charge in [0.1, 0.15) is 6.10 Å². The number of benzene rings is 1. The van der Waals surface area contributed by atoms with Crippen LogP contribution in [0.2, 0.25) is 0 Å². The third kappa shape index (κ3) is 3.14. The minimum atomic E-state index is -0.168. The van der Waals surface area contributed by atoms with Crippen LogP contribution in [0.4, 0.5) is 0 Å². The largest absolute Gasteiger partial charge is 0.370 e. The van der Waals surface area contributed by atoms with Gasteiger partial charge in [-0.15, -0.1) is 0 Å². The van der Waals surface area contributed by atoms with Gasteiger partial charge in [0.25, 0.3) is 0 Å². The van der Waals surface area contributed by atoms with Crippen molar-refractivity contribution in [1.29, 1.82) is 0 Å². The Kier molecular flexibility index (Phi) is 4.43. The van der Waals surface area contributed by atoms with Gasteiger partial charge in [-0.1, -0.05) is 30.3 Å². The molecular weight excluding hydrogens is 280 g/mol. The molecule has 0 N–H and O–H groups in total. The molecule has 0 unspecified atom stereocenters. The molecule has 2 atom stereocenters. The van der Waals surface area contributed by atoms with Gasteiger partial charge in [-0.25, -0.2) is 0 Å². The molecule has 22 heavy (non-hydrogen) atoms.